The summed E-state index contributed by atoms with van der Waals surface area (Å²) in [6.07, 6.45) is 0.330. The highest BCUT2D eigenvalue weighted by Gasteiger charge is 2.20. The van der Waals surface area contributed by atoms with Crippen LogP contribution in [-0.4, -0.2) is 0 Å². The van der Waals surface area contributed by atoms with Crippen LogP contribution in [0.15, 0.2) is 42.5 Å². The van der Waals surface area contributed by atoms with Crippen molar-refractivity contribution in [3.05, 3.63) is 69.5 Å². The molecule has 1 nitrogen and oxygen atoms in total. The van der Waals surface area contributed by atoms with E-state index in [0.717, 1.165) is 5.56 Å². The van der Waals surface area contributed by atoms with Gasteiger partial charge in [-0.3, -0.25) is 0 Å². The van der Waals surface area contributed by atoms with Crippen molar-refractivity contribution in [2.75, 3.05) is 0 Å². The molecule has 0 aliphatic rings. The molecule has 2 aromatic carbocycles. The van der Waals surface area contributed by atoms with Crippen molar-refractivity contribution in [3.63, 3.8) is 0 Å². The summed E-state index contributed by atoms with van der Waals surface area (Å²) in [7, 11) is 0. The quantitative estimate of drug-likeness (QED) is 0.783. The number of nitriles is 1. The summed E-state index contributed by atoms with van der Waals surface area (Å²) < 4.78 is 13.8. The molecule has 0 saturated heterocycles. The first-order valence-corrected chi connectivity index (χ1v) is 6.46. The van der Waals surface area contributed by atoms with Crippen LogP contribution in [0.3, 0.4) is 0 Å². The molecule has 0 heterocycles. The van der Waals surface area contributed by atoms with Gasteiger partial charge in [-0.1, -0.05) is 47.5 Å². The third-order valence-electron chi connectivity index (χ3n) is 2.89. The fourth-order valence-electron chi connectivity index (χ4n) is 1.94. The van der Waals surface area contributed by atoms with Crippen molar-refractivity contribution < 1.29 is 4.39 Å². The predicted molar refractivity (Wildman–Crippen MR) is 74.9 cm³/mol. The Hall–Kier alpha value is -1.56. The summed E-state index contributed by atoms with van der Waals surface area (Å²) in [5.41, 5.74) is 1.03. The van der Waals surface area contributed by atoms with E-state index in [1.807, 2.05) is 18.2 Å². The van der Waals surface area contributed by atoms with E-state index in [1.165, 1.54) is 12.1 Å². The van der Waals surface area contributed by atoms with Crippen molar-refractivity contribution >= 4 is 23.2 Å². The lowest BCUT2D eigenvalue weighted by Gasteiger charge is -2.13. The molecule has 19 heavy (non-hydrogen) atoms. The monoisotopic (exact) mass is 293 g/mol. The predicted octanol–water partition coefficient (Wildman–Crippen LogP) is 4.98. The van der Waals surface area contributed by atoms with Gasteiger partial charge in [-0.25, -0.2) is 4.39 Å². The van der Waals surface area contributed by atoms with Crippen molar-refractivity contribution in [2.45, 2.75) is 12.3 Å². The van der Waals surface area contributed by atoms with Gasteiger partial charge in [0, 0.05) is 15.6 Å². The van der Waals surface area contributed by atoms with Gasteiger partial charge in [-0.2, -0.15) is 5.26 Å². The maximum absolute atomic E-state index is 13.8. The second kappa shape index (κ2) is 6.06. The molecule has 96 valence electrons. The van der Waals surface area contributed by atoms with Crippen LogP contribution < -0.4 is 0 Å². The second-order valence-electron chi connectivity index (χ2n) is 4.11. The maximum Gasteiger partial charge on any atom is 0.129 e. The topological polar surface area (TPSA) is 23.8 Å². The lowest BCUT2D eigenvalue weighted by molar-refractivity contribution is 0.600. The highest BCUT2D eigenvalue weighted by atomic mass is 35.5. The third kappa shape index (κ3) is 3.07. The fourth-order valence-corrected chi connectivity index (χ4v) is 2.45. The minimum atomic E-state index is -0.659. The van der Waals surface area contributed by atoms with E-state index >= 15 is 0 Å². The highest BCUT2D eigenvalue weighted by molar-refractivity contribution is 6.31. The molecule has 0 fully saturated rings. The van der Waals surface area contributed by atoms with Gasteiger partial charge in [0.15, 0.2) is 0 Å². The standard InChI is InChI=1S/C15H10Cl2FN/c16-12-5-2-1-4-10(12)8-11(9-19)15-13(17)6-3-7-14(15)18/h1-7,11H,8H2. The van der Waals surface area contributed by atoms with E-state index in [9.17, 15) is 9.65 Å². The Bertz CT molecular complexity index is 614. The number of halogens is 3. The number of nitrogens with zero attached hydrogens (tertiary/aromatic N) is 1. The molecule has 0 saturated carbocycles. The fraction of sp³-hybridized carbons (Fsp3) is 0.133. The van der Waals surface area contributed by atoms with E-state index in [4.69, 9.17) is 23.2 Å². The molecular formula is C15H10Cl2FN. The maximum atomic E-state index is 13.8. The van der Waals surface area contributed by atoms with Crippen molar-refractivity contribution in [1.29, 1.82) is 5.26 Å². The normalized spacial score (nSPS) is 11.9. The van der Waals surface area contributed by atoms with Crippen LogP contribution in [0.1, 0.15) is 17.0 Å². The lowest BCUT2D eigenvalue weighted by atomic mass is 9.93. The molecule has 0 aliphatic heterocycles. The summed E-state index contributed by atoms with van der Waals surface area (Å²) >= 11 is 12.0. The summed E-state index contributed by atoms with van der Waals surface area (Å²) in [6, 6.07) is 13.7. The lowest BCUT2D eigenvalue weighted by Crippen LogP contribution is -2.04. The highest BCUT2D eigenvalue weighted by Crippen LogP contribution is 2.31. The van der Waals surface area contributed by atoms with Crippen molar-refractivity contribution in [1.82, 2.24) is 0 Å². The van der Waals surface area contributed by atoms with Crippen LogP contribution >= 0.6 is 23.2 Å². The average Bonchev–Trinajstić information content (AvgIpc) is 2.39. The minimum Gasteiger partial charge on any atom is -0.207 e. The van der Waals surface area contributed by atoms with Crippen LogP contribution in [0.5, 0.6) is 0 Å². The molecule has 0 N–H and O–H groups in total. The summed E-state index contributed by atoms with van der Waals surface area (Å²) in [4.78, 5) is 0. The summed E-state index contributed by atoms with van der Waals surface area (Å²) in [5.74, 6) is -1.13. The molecule has 0 spiro atoms. The first-order chi connectivity index (χ1) is 9.13. The van der Waals surface area contributed by atoms with Crippen molar-refractivity contribution in [3.8, 4) is 6.07 Å². The largest absolute Gasteiger partial charge is 0.207 e. The third-order valence-corrected chi connectivity index (χ3v) is 3.58. The number of benzene rings is 2. The minimum absolute atomic E-state index is 0.228. The molecule has 0 aromatic heterocycles. The van der Waals surface area contributed by atoms with Gasteiger partial charge >= 0.3 is 0 Å². The zero-order valence-corrected chi connectivity index (χ0v) is 11.4. The summed E-state index contributed by atoms with van der Waals surface area (Å²) in [5, 5.41) is 10.1. The number of hydrogen-bond acceptors (Lipinski definition) is 1. The van der Waals surface area contributed by atoms with E-state index in [2.05, 4.69) is 6.07 Å². The van der Waals surface area contributed by atoms with Gasteiger partial charge in [0.25, 0.3) is 0 Å². The van der Waals surface area contributed by atoms with Crippen molar-refractivity contribution in [2.24, 2.45) is 0 Å². The van der Waals surface area contributed by atoms with Gasteiger partial charge < -0.3 is 0 Å². The van der Waals surface area contributed by atoms with Gasteiger partial charge in [0.05, 0.1) is 12.0 Å². The van der Waals surface area contributed by atoms with Crippen LogP contribution in [-0.2, 0) is 6.42 Å². The molecule has 0 aliphatic carbocycles. The number of rotatable bonds is 3. The van der Waals surface area contributed by atoms with E-state index in [-0.39, 0.29) is 10.6 Å². The Morgan fingerprint density at radius 2 is 1.74 bits per heavy atom. The van der Waals surface area contributed by atoms with Crippen LogP contribution in [0.2, 0.25) is 10.0 Å². The first kappa shape index (κ1) is 13.9. The van der Waals surface area contributed by atoms with Crippen LogP contribution in [0.25, 0.3) is 0 Å². The average molecular weight is 294 g/mol. The molecule has 1 atom stereocenters. The molecule has 0 bridgehead atoms. The van der Waals surface area contributed by atoms with Gasteiger partial charge in [-0.15, -0.1) is 0 Å². The zero-order valence-electron chi connectivity index (χ0n) is 9.91. The van der Waals surface area contributed by atoms with Gasteiger partial charge in [0.2, 0.25) is 0 Å². The smallest absolute Gasteiger partial charge is 0.129 e. The summed E-state index contributed by atoms with van der Waals surface area (Å²) in [6.45, 7) is 0. The Labute approximate surface area is 121 Å². The van der Waals surface area contributed by atoms with Crippen LogP contribution in [0.4, 0.5) is 4.39 Å². The van der Waals surface area contributed by atoms with Gasteiger partial charge in [-0.05, 0) is 30.2 Å². The Balaban J connectivity index is 2.37. The molecule has 2 aromatic rings. The van der Waals surface area contributed by atoms with E-state index in [1.54, 1.807) is 12.1 Å². The SMILES string of the molecule is N#CC(Cc1ccccc1Cl)c1c(F)cccc1Cl. The molecule has 0 radical (unpaired) electrons. The Kier molecular flexibility index (Phi) is 4.42. The van der Waals surface area contributed by atoms with Gasteiger partial charge in [0.1, 0.15) is 5.82 Å². The molecule has 4 heteroatoms. The molecule has 2 rings (SSSR count). The Morgan fingerprint density at radius 1 is 1.05 bits per heavy atom. The number of hydrogen-bond donors (Lipinski definition) is 0. The van der Waals surface area contributed by atoms with E-state index in [0.29, 0.717) is 11.4 Å². The first-order valence-electron chi connectivity index (χ1n) is 5.70. The van der Waals surface area contributed by atoms with E-state index < -0.39 is 11.7 Å². The zero-order chi connectivity index (χ0) is 13.8. The molecule has 1 unspecified atom stereocenters. The second-order valence-corrected chi connectivity index (χ2v) is 4.93. The molecular weight excluding hydrogens is 284 g/mol. The molecule has 0 amide bonds. The van der Waals surface area contributed by atoms with Crippen LogP contribution in [0, 0.1) is 17.1 Å². The Morgan fingerprint density at radius 3 is 2.37 bits per heavy atom.